The summed E-state index contributed by atoms with van der Waals surface area (Å²) in [6.07, 6.45) is 0. The van der Waals surface area contributed by atoms with Gasteiger partial charge in [0, 0.05) is 0 Å². The van der Waals surface area contributed by atoms with Gasteiger partial charge in [-0.3, -0.25) is 9.36 Å². The number of rotatable bonds is 3. The Morgan fingerprint density at radius 2 is 1.68 bits per heavy atom. The summed E-state index contributed by atoms with van der Waals surface area (Å²) < 4.78 is 28.6. The first kappa shape index (κ1) is 14.8. The largest absolute Gasteiger partial charge is 0.358 e. The summed E-state index contributed by atoms with van der Waals surface area (Å²) in [6.45, 7) is 0.0357. The summed E-state index contributed by atoms with van der Waals surface area (Å²) in [4.78, 5) is 13.2. The van der Waals surface area contributed by atoms with E-state index < -0.39 is 16.2 Å². The predicted molar refractivity (Wildman–Crippen MR) is 84.4 cm³/mol. The molecule has 0 radical (unpaired) electrons. The fourth-order valence-corrected chi connectivity index (χ4v) is 2.60. The zero-order valence-corrected chi connectivity index (χ0v) is 12.9. The van der Waals surface area contributed by atoms with Gasteiger partial charge in [0.2, 0.25) is 0 Å². The zero-order valence-electron chi connectivity index (χ0n) is 11.3. The monoisotopic (exact) mass is 364 g/mol. The zero-order chi connectivity index (χ0) is 15.7. The molecule has 0 saturated heterocycles. The normalized spacial score (nSPS) is 11.8. The summed E-state index contributed by atoms with van der Waals surface area (Å²) in [5, 5.41) is 0.318. The second-order valence-electron chi connectivity index (χ2n) is 4.83. The molecular formula is C16H11BrF2N2O. The highest BCUT2D eigenvalue weighted by molar-refractivity contribution is 9.09. The minimum atomic E-state index is -3.38. The molecule has 0 unspecified atom stereocenters. The van der Waals surface area contributed by atoms with Gasteiger partial charge in [-0.1, -0.05) is 42.5 Å². The second kappa shape index (κ2) is 5.61. The van der Waals surface area contributed by atoms with E-state index in [9.17, 15) is 13.6 Å². The van der Waals surface area contributed by atoms with E-state index in [4.69, 9.17) is 0 Å². The van der Waals surface area contributed by atoms with E-state index in [1.54, 1.807) is 48.5 Å². The van der Waals surface area contributed by atoms with Crippen LogP contribution in [0.4, 0.5) is 8.78 Å². The van der Waals surface area contributed by atoms with Crippen LogP contribution in [0.3, 0.4) is 0 Å². The Labute approximate surface area is 133 Å². The maximum absolute atomic E-state index is 13.8. The summed E-state index contributed by atoms with van der Waals surface area (Å²) in [7, 11) is 0. The Morgan fingerprint density at radius 1 is 1.05 bits per heavy atom. The van der Waals surface area contributed by atoms with Crippen LogP contribution in [0.5, 0.6) is 0 Å². The van der Waals surface area contributed by atoms with Crippen molar-refractivity contribution in [1.29, 1.82) is 0 Å². The van der Waals surface area contributed by atoms with E-state index >= 15 is 0 Å². The average Bonchev–Trinajstić information content (AvgIpc) is 2.50. The van der Waals surface area contributed by atoms with Crippen LogP contribution >= 0.6 is 15.9 Å². The van der Waals surface area contributed by atoms with Crippen LogP contribution in [-0.2, 0) is 11.4 Å². The second-order valence-corrected chi connectivity index (χ2v) is 5.82. The third-order valence-corrected chi connectivity index (χ3v) is 3.65. The number of alkyl halides is 3. The molecule has 112 valence electrons. The van der Waals surface area contributed by atoms with Gasteiger partial charge in [-0.25, -0.2) is 4.98 Å². The quantitative estimate of drug-likeness (QED) is 0.660. The molecule has 1 heterocycles. The molecule has 6 heteroatoms. The van der Waals surface area contributed by atoms with Gasteiger partial charge < -0.3 is 0 Å². The Bertz CT molecular complexity index is 873. The highest BCUT2D eigenvalue weighted by Gasteiger charge is 2.34. The molecule has 0 fully saturated rings. The third-order valence-electron chi connectivity index (χ3n) is 3.30. The van der Waals surface area contributed by atoms with Gasteiger partial charge in [-0.05, 0) is 33.6 Å². The van der Waals surface area contributed by atoms with Crippen molar-refractivity contribution < 1.29 is 8.78 Å². The molecule has 0 aliphatic rings. The first-order valence-corrected chi connectivity index (χ1v) is 7.37. The van der Waals surface area contributed by atoms with Gasteiger partial charge in [0.15, 0.2) is 5.82 Å². The number of benzene rings is 2. The Balaban J connectivity index is 2.26. The van der Waals surface area contributed by atoms with E-state index in [-0.39, 0.29) is 12.1 Å². The molecule has 0 bridgehead atoms. The first-order chi connectivity index (χ1) is 10.5. The SMILES string of the molecule is O=c1c2ccccc2nc(C(F)(F)Br)n1Cc1ccccc1. The summed E-state index contributed by atoms with van der Waals surface area (Å²) in [6, 6.07) is 15.4. The van der Waals surface area contributed by atoms with Crippen LogP contribution in [-0.4, -0.2) is 9.55 Å². The maximum Gasteiger partial charge on any atom is 0.358 e. The lowest BCUT2D eigenvalue weighted by molar-refractivity contribution is 0.0979. The number of nitrogens with zero attached hydrogens (tertiary/aromatic N) is 2. The minimum Gasteiger partial charge on any atom is -0.286 e. The number of hydrogen-bond acceptors (Lipinski definition) is 2. The number of halogens is 3. The average molecular weight is 365 g/mol. The molecule has 2 aromatic carbocycles. The summed E-state index contributed by atoms with van der Waals surface area (Å²) in [5.74, 6) is -0.597. The number of hydrogen-bond donors (Lipinski definition) is 0. The topological polar surface area (TPSA) is 34.9 Å². The van der Waals surface area contributed by atoms with Crippen molar-refractivity contribution in [2.75, 3.05) is 0 Å². The fourth-order valence-electron chi connectivity index (χ4n) is 2.30. The van der Waals surface area contributed by atoms with Crippen LogP contribution in [0.25, 0.3) is 10.9 Å². The maximum atomic E-state index is 13.8. The van der Waals surface area contributed by atoms with Crippen molar-refractivity contribution in [1.82, 2.24) is 9.55 Å². The van der Waals surface area contributed by atoms with Gasteiger partial charge in [0.1, 0.15) is 0 Å². The Morgan fingerprint density at radius 3 is 2.36 bits per heavy atom. The van der Waals surface area contributed by atoms with Crippen LogP contribution in [0.15, 0.2) is 59.4 Å². The molecule has 0 atom stereocenters. The molecule has 22 heavy (non-hydrogen) atoms. The van der Waals surface area contributed by atoms with Crippen LogP contribution in [0, 0.1) is 0 Å². The van der Waals surface area contributed by atoms with Crippen molar-refractivity contribution in [2.45, 2.75) is 11.4 Å². The van der Waals surface area contributed by atoms with Crippen LogP contribution in [0.2, 0.25) is 0 Å². The van der Waals surface area contributed by atoms with Gasteiger partial charge >= 0.3 is 4.83 Å². The molecule has 0 N–H and O–H groups in total. The number of fused-ring (bicyclic) bond motifs is 1. The molecule has 3 aromatic rings. The Kier molecular flexibility index (Phi) is 3.78. The van der Waals surface area contributed by atoms with Crippen LogP contribution < -0.4 is 5.56 Å². The van der Waals surface area contributed by atoms with Gasteiger partial charge in [0.05, 0.1) is 17.4 Å². The molecule has 0 saturated carbocycles. The van der Waals surface area contributed by atoms with E-state index in [1.165, 1.54) is 0 Å². The molecule has 3 rings (SSSR count). The van der Waals surface area contributed by atoms with Crippen molar-refractivity contribution in [3.63, 3.8) is 0 Å². The van der Waals surface area contributed by atoms with E-state index in [2.05, 4.69) is 20.9 Å². The number of para-hydroxylation sites is 1. The summed E-state index contributed by atoms with van der Waals surface area (Å²) >= 11 is 2.32. The van der Waals surface area contributed by atoms with E-state index in [0.29, 0.717) is 5.39 Å². The molecule has 0 aliphatic carbocycles. The minimum absolute atomic E-state index is 0.0357. The fraction of sp³-hybridized carbons (Fsp3) is 0.125. The molecule has 3 nitrogen and oxygen atoms in total. The molecule has 0 spiro atoms. The van der Waals surface area contributed by atoms with Crippen molar-refractivity contribution in [3.05, 3.63) is 76.3 Å². The van der Waals surface area contributed by atoms with E-state index in [1.807, 2.05) is 6.07 Å². The van der Waals surface area contributed by atoms with Gasteiger partial charge in [0.25, 0.3) is 5.56 Å². The standard InChI is InChI=1S/C16H11BrF2N2O/c17-16(18,19)15-20-13-9-5-4-8-12(13)14(22)21(15)10-11-6-2-1-3-7-11/h1-9H,10H2. The highest BCUT2D eigenvalue weighted by atomic mass is 79.9. The summed E-state index contributed by atoms with van der Waals surface area (Å²) in [5.41, 5.74) is 0.522. The van der Waals surface area contributed by atoms with Crippen molar-refractivity contribution in [3.8, 4) is 0 Å². The van der Waals surface area contributed by atoms with Gasteiger partial charge in [-0.15, -0.1) is 0 Å². The lowest BCUT2D eigenvalue weighted by Gasteiger charge is -2.16. The first-order valence-electron chi connectivity index (χ1n) is 6.57. The highest BCUT2D eigenvalue weighted by Crippen LogP contribution is 2.33. The van der Waals surface area contributed by atoms with Crippen LogP contribution in [0.1, 0.15) is 11.4 Å². The molecule has 0 amide bonds. The molecular weight excluding hydrogens is 354 g/mol. The van der Waals surface area contributed by atoms with E-state index in [0.717, 1.165) is 10.1 Å². The number of aromatic nitrogens is 2. The lowest BCUT2D eigenvalue weighted by Crippen LogP contribution is -2.29. The van der Waals surface area contributed by atoms with Crippen molar-refractivity contribution in [2.24, 2.45) is 0 Å². The molecule has 1 aromatic heterocycles. The smallest absolute Gasteiger partial charge is 0.286 e. The predicted octanol–water partition coefficient (Wildman–Crippen LogP) is 3.89. The van der Waals surface area contributed by atoms with Crippen molar-refractivity contribution >= 4 is 26.8 Å². The third kappa shape index (κ3) is 2.78. The van der Waals surface area contributed by atoms with Gasteiger partial charge in [-0.2, -0.15) is 8.78 Å². The molecule has 0 aliphatic heterocycles. The Hall–Kier alpha value is -2.08. The lowest BCUT2D eigenvalue weighted by atomic mass is 10.2.